The molecule has 0 radical (unpaired) electrons. The summed E-state index contributed by atoms with van der Waals surface area (Å²) in [6.45, 7) is 6.99. The van der Waals surface area contributed by atoms with Gasteiger partial charge in [0.25, 0.3) is 0 Å². The highest BCUT2D eigenvalue weighted by Crippen LogP contribution is 2.63. The minimum Gasteiger partial charge on any atom is -0.415 e. The monoisotopic (exact) mass is 510 g/mol. The number of hydrogen-bond acceptors (Lipinski definition) is 3. The second kappa shape index (κ2) is 12.2. The molecule has 33 heavy (non-hydrogen) atoms. The third-order valence-electron chi connectivity index (χ3n) is 8.77. The zero-order valence-electron chi connectivity index (χ0n) is 22.3. The Labute approximate surface area is 208 Å². The average Bonchev–Trinajstić information content (AvgIpc) is 3.68. The van der Waals surface area contributed by atoms with Gasteiger partial charge in [-0.3, -0.25) is 0 Å². The molecule has 0 aromatic carbocycles. The SMILES string of the molecule is CCCCCC[Si]1(C2CC2)O[Si](CCCCCC)(C2CC2)O[Si](CCCCCC)(C2CC2)O1. The van der Waals surface area contributed by atoms with Crippen LogP contribution in [-0.2, 0) is 12.3 Å². The van der Waals surface area contributed by atoms with Crippen molar-refractivity contribution in [2.75, 3.05) is 0 Å². The molecule has 4 rings (SSSR count). The molecule has 1 heterocycles. The second-order valence-electron chi connectivity index (χ2n) is 12.0. The Morgan fingerprint density at radius 3 is 0.909 bits per heavy atom. The molecular weight excluding hydrogens is 457 g/mol. The minimum atomic E-state index is -2.15. The van der Waals surface area contributed by atoms with Crippen LogP contribution in [0.3, 0.4) is 0 Å². The second-order valence-corrected chi connectivity index (χ2v) is 23.3. The molecule has 6 heteroatoms. The van der Waals surface area contributed by atoms with Crippen LogP contribution in [0.5, 0.6) is 0 Å². The van der Waals surface area contributed by atoms with Gasteiger partial charge in [-0.1, -0.05) is 97.8 Å². The summed E-state index contributed by atoms with van der Waals surface area (Å²) in [5.74, 6) is 0. The molecule has 0 atom stereocenters. The number of hydrogen-bond donors (Lipinski definition) is 0. The summed E-state index contributed by atoms with van der Waals surface area (Å²) in [6.07, 6.45) is 24.5. The lowest BCUT2D eigenvalue weighted by Gasteiger charge is -2.55. The Morgan fingerprint density at radius 1 is 0.424 bits per heavy atom. The van der Waals surface area contributed by atoms with Crippen molar-refractivity contribution in [3.8, 4) is 0 Å². The Hall–Kier alpha value is 0.531. The summed E-state index contributed by atoms with van der Waals surface area (Å²) in [5.41, 5.74) is 2.39. The predicted octanol–water partition coefficient (Wildman–Crippen LogP) is 9.61. The smallest absolute Gasteiger partial charge is 0.323 e. The summed E-state index contributed by atoms with van der Waals surface area (Å²) in [5, 5.41) is 0. The van der Waals surface area contributed by atoms with Crippen molar-refractivity contribution in [2.45, 2.75) is 171 Å². The molecular formula is C27H54O3Si3. The van der Waals surface area contributed by atoms with Crippen molar-refractivity contribution in [3.63, 3.8) is 0 Å². The van der Waals surface area contributed by atoms with E-state index in [1.165, 1.54) is 134 Å². The molecule has 0 spiro atoms. The molecule has 0 N–H and O–H groups in total. The van der Waals surface area contributed by atoms with E-state index in [0.29, 0.717) is 0 Å². The molecule has 4 aliphatic rings. The van der Waals surface area contributed by atoms with E-state index >= 15 is 0 Å². The fourth-order valence-corrected chi connectivity index (χ4v) is 28.0. The number of rotatable bonds is 18. The lowest BCUT2D eigenvalue weighted by molar-refractivity contribution is 0.200. The maximum absolute atomic E-state index is 7.60. The van der Waals surface area contributed by atoms with E-state index in [9.17, 15) is 0 Å². The van der Waals surface area contributed by atoms with Crippen molar-refractivity contribution >= 4 is 25.7 Å². The molecule has 3 saturated carbocycles. The van der Waals surface area contributed by atoms with E-state index in [1.54, 1.807) is 0 Å². The van der Waals surface area contributed by atoms with E-state index in [4.69, 9.17) is 12.3 Å². The molecule has 4 fully saturated rings. The topological polar surface area (TPSA) is 27.7 Å². The Balaban J connectivity index is 1.58. The Bertz CT molecular complexity index is 502. The number of unbranched alkanes of at least 4 members (excludes halogenated alkanes) is 9. The van der Waals surface area contributed by atoms with E-state index in [0.717, 1.165) is 16.6 Å². The van der Waals surface area contributed by atoms with Crippen molar-refractivity contribution in [1.29, 1.82) is 0 Å². The van der Waals surface area contributed by atoms with Crippen LogP contribution in [0.1, 0.15) is 136 Å². The summed E-state index contributed by atoms with van der Waals surface area (Å²) in [7, 11) is -6.46. The van der Waals surface area contributed by atoms with Gasteiger partial charge < -0.3 is 12.3 Å². The van der Waals surface area contributed by atoms with Gasteiger partial charge in [-0.25, -0.2) is 0 Å². The zero-order chi connectivity index (χ0) is 23.2. The Kier molecular flexibility index (Phi) is 9.81. The molecule has 0 amide bonds. The van der Waals surface area contributed by atoms with Crippen molar-refractivity contribution in [1.82, 2.24) is 0 Å². The summed E-state index contributed by atoms with van der Waals surface area (Å²) in [4.78, 5) is 0. The maximum atomic E-state index is 7.60. The van der Waals surface area contributed by atoms with Crippen LogP contribution >= 0.6 is 0 Å². The van der Waals surface area contributed by atoms with E-state index in [1.807, 2.05) is 0 Å². The molecule has 0 aromatic rings. The van der Waals surface area contributed by atoms with Crippen molar-refractivity contribution in [2.24, 2.45) is 0 Å². The molecule has 0 bridgehead atoms. The van der Waals surface area contributed by atoms with E-state index in [-0.39, 0.29) is 0 Å². The summed E-state index contributed by atoms with van der Waals surface area (Å²) < 4.78 is 22.8. The molecule has 0 aromatic heterocycles. The molecule has 1 saturated heterocycles. The molecule has 192 valence electrons. The van der Waals surface area contributed by atoms with Crippen LogP contribution in [-0.4, -0.2) is 25.7 Å². The van der Waals surface area contributed by atoms with E-state index < -0.39 is 25.7 Å². The lowest BCUT2D eigenvalue weighted by Crippen LogP contribution is -2.71. The zero-order valence-corrected chi connectivity index (χ0v) is 25.3. The highest BCUT2D eigenvalue weighted by Gasteiger charge is 2.71. The van der Waals surface area contributed by atoms with Gasteiger partial charge in [-0.2, -0.15) is 0 Å². The van der Waals surface area contributed by atoms with Gasteiger partial charge in [0, 0.05) is 16.6 Å². The van der Waals surface area contributed by atoms with Gasteiger partial charge in [0.1, 0.15) is 0 Å². The predicted molar refractivity (Wildman–Crippen MR) is 146 cm³/mol. The van der Waals surface area contributed by atoms with Crippen LogP contribution in [0.15, 0.2) is 0 Å². The first-order valence-corrected chi connectivity index (χ1v) is 21.5. The van der Waals surface area contributed by atoms with Crippen molar-refractivity contribution < 1.29 is 12.3 Å². The first-order valence-electron chi connectivity index (χ1n) is 15.2. The highest BCUT2D eigenvalue weighted by atomic mass is 28.5. The van der Waals surface area contributed by atoms with Gasteiger partial charge in [0.2, 0.25) is 0 Å². The first kappa shape index (κ1) is 26.6. The van der Waals surface area contributed by atoms with Crippen LogP contribution < -0.4 is 0 Å². The fourth-order valence-electron chi connectivity index (χ4n) is 6.32. The average molecular weight is 511 g/mol. The highest BCUT2D eigenvalue weighted by molar-refractivity contribution is 6.96. The normalized spacial score (nSPS) is 34.6. The quantitative estimate of drug-likeness (QED) is 0.136. The van der Waals surface area contributed by atoms with Gasteiger partial charge in [-0.15, -0.1) is 0 Å². The molecule has 1 aliphatic heterocycles. The van der Waals surface area contributed by atoms with Gasteiger partial charge >= 0.3 is 25.7 Å². The third kappa shape index (κ3) is 6.85. The lowest BCUT2D eigenvalue weighted by atomic mass is 10.2. The standard InChI is InChI=1S/C27H54O3Si3/c1-4-7-10-13-22-31(25-16-17-25)28-32(26-18-19-26,23-14-11-8-5-2)30-33(29-31,27-20-21-27)24-15-12-9-6-3/h25-27H,4-24H2,1-3H3. The van der Waals surface area contributed by atoms with Crippen LogP contribution in [0.2, 0.25) is 34.8 Å². The largest absolute Gasteiger partial charge is 0.415 e. The molecule has 3 nitrogen and oxygen atoms in total. The van der Waals surface area contributed by atoms with E-state index in [2.05, 4.69) is 20.8 Å². The third-order valence-corrected chi connectivity index (χ3v) is 25.7. The van der Waals surface area contributed by atoms with Gasteiger partial charge in [0.05, 0.1) is 0 Å². The van der Waals surface area contributed by atoms with Crippen molar-refractivity contribution in [3.05, 3.63) is 0 Å². The van der Waals surface area contributed by atoms with Crippen LogP contribution in [0.25, 0.3) is 0 Å². The molecule has 3 aliphatic carbocycles. The summed E-state index contributed by atoms with van der Waals surface area (Å²) in [6, 6.07) is 3.86. The van der Waals surface area contributed by atoms with Gasteiger partial charge in [-0.05, 0) is 56.7 Å². The van der Waals surface area contributed by atoms with Crippen LogP contribution in [0, 0.1) is 0 Å². The Morgan fingerprint density at radius 2 is 0.697 bits per heavy atom. The van der Waals surface area contributed by atoms with Crippen LogP contribution in [0.4, 0.5) is 0 Å². The maximum Gasteiger partial charge on any atom is 0.323 e. The van der Waals surface area contributed by atoms with Gasteiger partial charge in [0.15, 0.2) is 0 Å². The summed E-state index contributed by atoms with van der Waals surface area (Å²) >= 11 is 0. The molecule has 0 unspecified atom stereocenters. The first-order chi connectivity index (χ1) is 16.1. The fraction of sp³-hybridized carbons (Fsp3) is 1.00. The minimum absolute atomic E-state index is 0.797.